The Bertz CT molecular complexity index is 880. The first-order valence-electron chi connectivity index (χ1n) is 7.82. The highest BCUT2D eigenvalue weighted by Gasteiger charge is 2.17. The molecule has 2 heterocycles. The molecule has 0 fully saturated rings. The molecule has 0 aliphatic rings. The van der Waals surface area contributed by atoms with Crippen molar-refractivity contribution < 1.29 is 4.79 Å². The molecule has 3 rings (SSSR count). The van der Waals surface area contributed by atoms with E-state index in [0.29, 0.717) is 11.0 Å². The fourth-order valence-corrected chi connectivity index (χ4v) is 3.79. The van der Waals surface area contributed by atoms with Crippen molar-refractivity contribution in [2.45, 2.75) is 31.0 Å². The third-order valence-corrected chi connectivity index (χ3v) is 5.29. The van der Waals surface area contributed by atoms with Crippen molar-refractivity contribution in [1.29, 1.82) is 0 Å². The predicted octanol–water partition coefficient (Wildman–Crippen LogP) is 4.34. The van der Waals surface area contributed by atoms with Gasteiger partial charge in [-0.15, -0.1) is 11.3 Å². The lowest BCUT2D eigenvalue weighted by Crippen LogP contribution is -2.22. The van der Waals surface area contributed by atoms with Crippen LogP contribution in [0.2, 0.25) is 0 Å². The summed E-state index contributed by atoms with van der Waals surface area (Å²) in [5, 5.41) is 5.87. The van der Waals surface area contributed by atoms with Gasteiger partial charge >= 0.3 is 0 Å². The lowest BCUT2D eigenvalue weighted by atomic mass is 10.1. The number of carbonyl (C=O) groups excluding carboxylic acids is 1. The highest BCUT2D eigenvalue weighted by atomic mass is 32.2. The maximum Gasteiger partial charge on any atom is 0.239 e. The van der Waals surface area contributed by atoms with Crippen LogP contribution < -0.4 is 5.32 Å². The minimum atomic E-state index is -0.290. The molecule has 2 aromatic heterocycles. The minimum Gasteiger partial charge on any atom is -0.301 e. The lowest BCUT2D eigenvalue weighted by Gasteiger charge is -2.11. The van der Waals surface area contributed by atoms with E-state index in [1.54, 1.807) is 0 Å². The molecule has 5 nitrogen and oxygen atoms in total. The molecule has 7 heteroatoms. The van der Waals surface area contributed by atoms with E-state index in [1.165, 1.54) is 23.1 Å². The van der Waals surface area contributed by atoms with Gasteiger partial charge in [-0.1, -0.05) is 42.1 Å². The van der Waals surface area contributed by atoms with E-state index in [0.717, 1.165) is 22.0 Å². The zero-order chi connectivity index (χ0) is 17.8. The lowest BCUT2D eigenvalue weighted by molar-refractivity contribution is -0.115. The van der Waals surface area contributed by atoms with E-state index < -0.39 is 0 Å². The van der Waals surface area contributed by atoms with Crippen molar-refractivity contribution in [3.63, 3.8) is 0 Å². The number of rotatable bonds is 5. The van der Waals surface area contributed by atoms with Crippen LogP contribution in [-0.2, 0) is 4.79 Å². The van der Waals surface area contributed by atoms with Gasteiger partial charge in [-0.05, 0) is 26.8 Å². The van der Waals surface area contributed by atoms with E-state index in [9.17, 15) is 4.79 Å². The van der Waals surface area contributed by atoms with Gasteiger partial charge in [-0.25, -0.2) is 15.0 Å². The number of thioether (sulfide) groups is 1. The summed E-state index contributed by atoms with van der Waals surface area (Å²) in [6, 6.07) is 11.9. The van der Waals surface area contributed by atoms with Crippen molar-refractivity contribution in [1.82, 2.24) is 15.0 Å². The molecule has 1 atom stereocenters. The summed E-state index contributed by atoms with van der Waals surface area (Å²) < 4.78 is 0. The van der Waals surface area contributed by atoms with Gasteiger partial charge < -0.3 is 5.32 Å². The largest absolute Gasteiger partial charge is 0.301 e. The molecular weight excluding hydrogens is 352 g/mol. The van der Waals surface area contributed by atoms with Crippen molar-refractivity contribution in [3.8, 4) is 11.3 Å². The van der Waals surface area contributed by atoms with Crippen LogP contribution in [0.1, 0.15) is 18.4 Å². The summed E-state index contributed by atoms with van der Waals surface area (Å²) >= 11 is 2.84. The number of nitrogens with zero attached hydrogens (tertiary/aromatic N) is 3. The van der Waals surface area contributed by atoms with E-state index in [2.05, 4.69) is 20.3 Å². The molecule has 0 spiro atoms. The fraction of sp³-hybridized carbons (Fsp3) is 0.222. The first-order valence-corrected chi connectivity index (χ1v) is 9.58. The minimum absolute atomic E-state index is 0.0862. The Morgan fingerprint density at radius 2 is 1.92 bits per heavy atom. The zero-order valence-electron chi connectivity index (χ0n) is 14.2. The number of amides is 1. The van der Waals surface area contributed by atoms with Gasteiger partial charge in [0, 0.05) is 10.9 Å². The van der Waals surface area contributed by atoms with E-state index in [4.69, 9.17) is 0 Å². The molecule has 1 aromatic carbocycles. The van der Waals surface area contributed by atoms with Gasteiger partial charge in [0.05, 0.1) is 16.6 Å². The maximum absolute atomic E-state index is 12.4. The van der Waals surface area contributed by atoms with E-state index in [1.807, 2.05) is 62.5 Å². The number of hydrogen-bond donors (Lipinski definition) is 1. The van der Waals surface area contributed by atoms with Gasteiger partial charge in [0.15, 0.2) is 5.13 Å². The molecule has 0 saturated carbocycles. The number of hydrogen-bond acceptors (Lipinski definition) is 6. The topological polar surface area (TPSA) is 67.8 Å². The number of anilines is 1. The van der Waals surface area contributed by atoms with Crippen molar-refractivity contribution in [2.24, 2.45) is 0 Å². The molecule has 0 radical (unpaired) electrons. The number of nitrogens with one attached hydrogen (secondary N) is 1. The molecule has 0 saturated heterocycles. The molecule has 128 valence electrons. The SMILES string of the molecule is Cc1csc(NC(=O)[C@@H](C)Sc2cc(-c3ccccc3)nc(C)n2)n1. The van der Waals surface area contributed by atoms with Crippen molar-refractivity contribution in [2.75, 3.05) is 5.32 Å². The van der Waals surface area contributed by atoms with Crippen LogP contribution >= 0.6 is 23.1 Å². The molecule has 0 aliphatic heterocycles. The Kier molecular flexibility index (Phi) is 5.45. The van der Waals surface area contributed by atoms with Crippen LogP contribution in [0, 0.1) is 13.8 Å². The average Bonchev–Trinajstić information content (AvgIpc) is 3.00. The van der Waals surface area contributed by atoms with Crippen LogP contribution in [0.4, 0.5) is 5.13 Å². The molecule has 25 heavy (non-hydrogen) atoms. The number of aryl methyl sites for hydroxylation is 2. The Morgan fingerprint density at radius 1 is 1.16 bits per heavy atom. The Labute approximate surface area is 155 Å². The molecule has 0 unspecified atom stereocenters. The van der Waals surface area contributed by atoms with Crippen molar-refractivity contribution in [3.05, 3.63) is 53.3 Å². The second-order valence-corrected chi connectivity index (χ2v) is 7.77. The monoisotopic (exact) mass is 370 g/mol. The van der Waals surface area contributed by atoms with Gasteiger partial charge in [0.25, 0.3) is 0 Å². The van der Waals surface area contributed by atoms with Gasteiger partial charge in [-0.3, -0.25) is 4.79 Å². The summed E-state index contributed by atoms with van der Waals surface area (Å²) in [5.41, 5.74) is 2.79. The Hall–Kier alpha value is -2.25. The molecule has 0 aliphatic carbocycles. The normalized spacial score (nSPS) is 12.0. The van der Waals surface area contributed by atoms with Gasteiger partial charge in [0.1, 0.15) is 10.9 Å². The molecule has 3 aromatic rings. The van der Waals surface area contributed by atoms with Crippen molar-refractivity contribution >= 4 is 34.1 Å². The molecule has 1 N–H and O–H groups in total. The zero-order valence-corrected chi connectivity index (χ0v) is 15.8. The fourth-order valence-electron chi connectivity index (χ4n) is 2.21. The number of thiazole rings is 1. The Balaban J connectivity index is 1.73. The standard InChI is InChI=1S/C18H18N4OS2/c1-11-10-24-18(19-11)22-17(23)12(2)25-16-9-15(20-13(3)21-16)14-7-5-4-6-8-14/h4-10,12H,1-3H3,(H,19,22,23)/t12-/m1/s1. The van der Waals surface area contributed by atoms with Crippen LogP contribution in [0.15, 0.2) is 46.8 Å². The highest BCUT2D eigenvalue weighted by molar-refractivity contribution is 8.00. The molecular formula is C18H18N4OS2. The van der Waals surface area contributed by atoms with Crippen LogP contribution in [0.3, 0.4) is 0 Å². The van der Waals surface area contributed by atoms with Crippen LogP contribution in [0.5, 0.6) is 0 Å². The second-order valence-electron chi connectivity index (χ2n) is 5.55. The molecule has 1 amide bonds. The van der Waals surface area contributed by atoms with Crippen LogP contribution in [-0.4, -0.2) is 26.1 Å². The van der Waals surface area contributed by atoms with E-state index in [-0.39, 0.29) is 11.2 Å². The van der Waals surface area contributed by atoms with Gasteiger partial charge in [0.2, 0.25) is 5.91 Å². The second kappa shape index (κ2) is 7.76. The van der Waals surface area contributed by atoms with Crippen LogP contribution in [0.25, 0.3) is 11.3 Å². The molecule has 0 bridgehead atoms. The van der Waals surface area contributed by atoms with E-state index >= 15 is 0 Å². The van der Waals surface area contributed by atoms with Gasteiger partial charge in [-0.2, -0.15) is 0 Å². The summed E-state index contributed by atoms with van der Waals surface area (Å²) in [6.45, 7) is 5.62. The Morgan fingerprint density at radius 3 is 2.60 bits per heavy atom. The number of benzene rings is 1. The first kappa shape index (κ1) is 17.6. The number of carbonyl (C=O) groups is 1. The average molecular weight is 371 g/mol. The summed E-state index contributed by atoms with van der Waals surface area (Å²) in [4.78, 5) is 25.6. The summed E-state index contributed by atoms with van der Waals surface area (Å²) in [7, 11) is 0. The first-order chi connectivity index (χ1) is 12.0. The summed E-state index contributed by atoms with van der Waals surface area (Å²) in [5.74, 6) is 0.601. The summed E-state index contributed by atoms with van der Waals surface area (Å²) in [6.07, 6.45) is 0. The number of aromatic nitrogens is 3. The maximum atomic E-state index is 12.4. The third-order valence-electron chi connectivity index (χ3n) is 3.40. The highest BCUT2D eigenvalue weighted by Crippen LogP contribution is 2.27. The third kappa shape index (κ3) is 4.64. The quantitative estimate of drug-likeness (QED) is 0.535. The smallest absolute Gasteiger partial charge is 0.239 e. The predicted molar refractivity (Wildman–Crippen MR) is 103 cm³/mol.